The van der Waals surface area contributed by atoms with E-state index in [0.717, 1.165) is 15.7 Å². The van der Waals surface area contributed by atoms with Crippen LogP contribution in [0.3, 0.4) is 0 Å². The number of nitrogens with one attached hydrogen (secondary N) is 1. The maximum atomic E-state index is 12.5. The van der Waals surface area contributed by atoms with E-state index in [4.69, 9.17) is 4.74 Å². The Kier molecular flexibility index (Phi) is 7.43. The molecule has 0 fully saturated rings. The summed E-state index contributed by atoms with van der Waals surface area (Å²) in [5.74, 6) is -1.01. The Morgan fingerprint density at radius 1 is 0.944 bits per heavy atom. The third-order valence-corrected chi connectivity index (χ3v) is 6.04. The fourth-order valence-electron chi connectivity index (χ4n) is 4.15. The molecule has 1 N–H and O–H groups in total. The smallest absolute Gasteiger partial charge is 0.332 e. The van der Waals surface area contributed by atoms with E-state index in [1.165, 1.54) is 29.6 Å². The summed E-state index contributed by atoms with van der Waals surface area (Å²) >= 11 is 0. The average molecular weight is 490 g/mol. The summed E-state index contributed by atoms with van der Waals surface area (Å²) < 4.78 is 8.58. The Bertz CT molecular complexity index is 1450. The van der Waals surface area contributed by atoms with Crippen LogP contribution in [0.5, 0.6) is 0 Å². The van der Waals surface area contributed by atoms with E-state index in [1.54, 1.807) is 0 Å². The highest BCUT2D eigenvalue weighted by Crippen LogP contribution is 2.27. The summed E-state index contributed by atoms with van der Waals surface area (Å²) in [6, 6.07) is 20.1. The van der Waals surface area contributed by atoms with Gasteiger partial charge < -0.3 is 14.6 Å². The molecule has 0 saturated carbocycles. The van der Waals surface area contributed by atoms with E-state index in [9.17, 15) is 19.2 Å². The van der Waals surface area contributed by atoms with E-state index < -0.39 is 29.7 Å². The van der Waals surface area contributed by atoms with Crippen molar-refractivity contribution < 1.29 is 14.3 Å². The zero-order chi connectivity index (χ0) is 25.7. The standard InChI is InChI=1S/C26H27N5O5/c1-29-24-23(25(34)30(2)26(29)35)31(17-28-24)15-22(33)36-16-21(32)27-14-13-20(18-9-5-3-6-10-18)19-11-7-4-8-12-19/h3-12,17,20H,13-16H2,1-2H3,(H,27,32). The van der Waals surface area contributed by atoms with Crippen LogP contribution in [0.2, 0.25) is 0 Å². The fourth-order valence-corrected chi connectivity index (χ4v) is 4.15. The molecular formula is C26H27N5O5. The van der Waals surface area contributed by atoms with Gasteiger partial charge in [0.2, 0.25) is 0 Å². The maximum absolute atomic E-state index is 12.5. The van der Waals surface area contributed by atoms with Crippen LogP contribution in [0, 0.1) is 0 Å². The van der Waals surface area contributed by atoms with Gasteiger partial charge in [-0.2, -0.15) is 0 Å². The Morgan fingerprint density at radius 3 is 2.17 bits per heavy atom. The molecule has 0 atom stereocenters. The van der Waals surface area contributed by atoms with Crippen LogP contribution in [-0.4, -0.2) is 43.7 Å². The molecule has 0 spiro atoms. The second kappa shape index (κ2) is 10.9. The number of nitrogens with zero attached hydrogens (tertiary/aromatic N) is 4. The van der Waals surface area contributed by atoms with Crippen molar-refractivity contribution in [2.75, 3.05) is 13.2 Å². The van der Waals surface area contributed by atoms with Crippen LogP contribution in [0.15, 0.2) is 76.6 Å². The molecule has 0 aliphatic carbocycles. The quantitative estimate of drug-likeness (QED) is 0.355. The van der Waals surface area contributed by atoms with Crippen molar-refractivity contribution in [1.29, 1.82) is 0 Å². The molecule has 0 radical (unpaired) electrons. The van der Waals surface area contributed by atoms with Gasteiger partial charge in [-0.15, -0.1) is 0 Å². The van der Waals surface area contributed by atoms with Crippen molar-refractivity contribution in [3.8, 4) is 0 Å². The van der Waals surface area contributed by atoms with E-state index in [2.05, 4.69) is 34.6 Å². The summed E-state index contributed by atoms with van der Waals surface area (Å²) in [4.78, 5) is 53.2. The van der Waals surface area contributed by atoms with E-state index >= 15 is 0 Å². The van der Waals surface area contributed by atoms with Gasteiger partial charge in [0.05, 0.1) is 6.33 Å². The number of esters is 1. The van der Waals surface area contributed by atoms with E-state index in [1.807, 2.05) is 36.4 Å². The first kappa shape index (κ1) is 24.6. The zero-order valence-electron chi connectivity index (χ0n) is 20.1. The molecule has 10 nitrogen and oxygen atoms in total. The van der Waals surface area contributed by atoms with Gasteiger partial charge in [0, 0.05) is 26.6 Å². The molecule has 2 heterocycles. The van der Waals surface area contributed by atoms with E-state index in [0.29, 0.717) is 13.0 Å². The Hall–Kier alpha value is -4.47. The van der Waals surface area contributed by atoms with Crippen LogP contribution in [0.4, 0.5) is 0 Å². The van der Waals surface area contributed by atoms with E-state index in [-0.39, 0.29) is 23.6 Å². The van der Waals surface area contributed by atoms with Crippen LogP contribution < -0.4 is 16.6 Å². The first-order chi connectivity index (χ1) is 17.4. The second-order valence-electron chi connectivity index (χ2n) is 8.42. The lowest BCUT2D eigenvalue weighted by molar-refractivity contribution is -0.149. The predicted molar refractivity (Wildman–Crippen MR) is 134 cm³/mol. The Labute approximate surface area is 206 Å². The minimum atomic E-state index is -0.702. The number of hydrogen-bond acceptors (Lipinski definition) is 6. The summed E-state index contributed by atoms with van der Waals surface area (Å²) in [7, 11) is 2.84. The molecule has 0 aliphatic rings. The number of fused-ring (bicyclic) bond motifs is 1. The molecule has 1 amide bonds. The number of carbonyl (C=O) groups excluding carboxylic acids is 2. The molecule has 186 valence electrons. The summed E-state index contributed by atoms with van der Waals surface area (Å²) in [5, 5.41) is 2.80. The molecule has 0 unspecified atom stereocenters. The van der Waals surface area contributed by atoms with Crippen LogP contribution in [0.25, 0.3) is 11.2 Å². The van der Waals surface area contributed by atoms with Crippen LogP contribution in [0.1, 0.15) is 23.5 Å². The Balaban J connectivity index is 1.32. The second-order valence-corrected chi connectivity index (χ2v) is 8.42. The van der Waals surface area contributed by atoms with Gasteiger partial charge >= 0.3 is 11.7 Å². The van der Waals surface area contributed by atoms with Crippen LogP contribution >= 0.6 is 0 Å². The number of aryl methyl sites for hydroxylation is 1. The first-order valence-electron chi connectivity index (χ1n) is 11.5. The first-order valence-corrected chi connectivity index (χ1v) is 11.5. The lowest BCUT2D eigenvalue weighted by Gasteiger charge is -2.18. The number of hydrogen-bond donors (Lipinski definition) is 1. The molecular weight excluding hydrogens is 462 g/mol. The van der Waals surface area contributed by atoms with Crippen molar-refractivity contribution >= 4 is 23.0 Å². The third kappa shape index (κ3) is 5.27. The van der Waals surface area contributed by atoms with Crippen molar-refractivity contribution in [2.24, 2.45) is 14.1 Å². The van der Waals surface area contributed by atoms with Gasteiger partial charge in [-0.05, 0) is 17.5 Å². The Morgan fingerprint density at radius 2 is 1.56 bits per heavy atom. The molecule has 2 aromatic heterocycles. The summed E-state index contributed by atoms with van der Waals surface area (Å²) in [5.41, 5.74) is 1.50. The SMILES string of the molecule is Cn1c(=O)c2c(ncn2CC(=O)OCC(=O)NCCC(c2ccccc2)c2ccccc2)n(C)c1=O. The topological polar surface area (TPSA) is 117 Å². The van der Waals surface area contributed by atoms with Crippen molar-refractivity contribution in [2.45, 2.75) is 18.9 Å². The number of ether oxygens (including phenoxy) is 1. The highest BCUT2D eigenvalue weighted by molar-refractivity contribution is 5.81. The lowest BCUT2D eigenvalue weighted by Crippen LogP contribution is -2.37. The van der Waals surface area contributed by atoms with Gasteiger partial charge in [-0.25, -0.2) is 9.78 Å². The normalized spacial score (nSPS) is 11.1. The number of aromatic nitrogens is 4. The van der Waals surface area contributed by atoms with Gasteiger partial charge in [0.1, 0.15) is 6.54 Å². The average Bonchev–Trinajstić information content (AvgIpc) is 3.32. The molecule has 2 aromatic carbocycles. The summed E-state index contributed by atoms with van der Waals surface area (Å²) in [6.07, 6.45) is 1.97. The molecule has 10 heteroatoms. The van der Waals surface area contributed by atoms with Gasteiger partial charge in [-0.3, -0.25) is 23.5 Å². The third-order valence-electron chi connectivity index (χ3n) is 6.04. The number of imidazole rings is 1. The highest BCUT2D eigenvalue weighted by atomic mass is 16.5. The number of carbonyl (C=O) groups is 2. The molecule has 0 saturated heterocycles. The number of amides is 1. The minimum absolute atomic E-state index is 0.105. The van der Waals surface area contributed by atoms with Gasteiger partial charge in [0.15, 0.2) is 17.8 Å². The number of benzene rings is 2. The van der Waals surface area contributed by atoms with Gasteiger partial charge in [-0.1, -0.05) is 60.7 Å². The summed E-state index contributed by atoms with van der Waals surface area (Å²) in [6.45, 7) is -0.355. The zero-order valence-corrected chi connectivity index (χ0v) is 20.1. The van der Waals surface area contributed by atoms with Crippen LogP contribution in [-0.2, 0) is 35.0 Å². The predicted octanol–water partition coefficient (Wildman–Crippen LogP) is 1.32. The minimum Gasteiger partial charge on any atom is -0.454 e. The molecule has 0 aliphatic heterocycles. The maximum Gasteiger partial charge on any atom is 0.332 e. The number of rotatable bonds is 9. The van der Waals surface area contributed by atoms with Crippen molar-refractivity contribution in [3.05, 3.63) is 99.0 Å². The highest BCUT2D eigenvalue weighted by Gasteiger charge is 2.18. The van der Waals surface area contributed by atoms with Gasteiger partial charge in [0.25, 0.3) is 11.5 Å². The largest absolute Gasteiger partial charge is 0.454 e. The molecule has 36 heavy (non-hydrogen) atoms. The molecule has 4 aromatic rings. The van der Waals surface area contributed by atoms with Crippen molar-refractivity contribution in [3.63, 3.8) is 0 Å². The lowest BCUT2D eigenvalue weighted by atomic mass is 9.88. The monoisotopic (exact) mass is 489 g/mol. The molecule has 0 bridgehead atoms. The molecule has 4 rings (SSSR count). The fraction of sp³-hybridized carbons (Fsp3) is 0.269. The van der Waals surface area contributed by atoms with Crippen molar-refractivity contribution in [1.82, 2.24) is 24.0 Å².